The fourth-order valence-corrected chi connectivity index (χ4v) is 3.99. The summed E-state index contributed by atoms with van der Waals surface area (Å²) in [4.78, 5) is 18.2. The molecule has 1 saturated carbocycles. The third kappa shape index (κ3) is 3.88. The number of carbonyl (C=O) groups excluding carboxylic acids is 1. The molecule has 5 nitrogen and oxygen atoms in total. The summed E-state index contributed by atoms with van der Waals surface area (Å²) < 4.78 is 15.9. The molecule has 1 amide bonds. The number of aromatic nitrogens is 3. The molecule has 0 spiro atoms. The monoisotopic (exact) mass is 428 g/mol. The van der Waals surface area contributed by atoms with Crippen molar-refractivity contribution in [2.75, 3.05) is 5.32 Å². The molecule has 1 aliphatic carbocycles. The van der Waals surface area contributed by atoms with Gasteiger partial charge in [-0.15, -0.1) is 0 Å². The van der Waals surface area contributed by atoms with Crippen LogP contribution in [0.3, 0.4) is 0 Å². The quantitative estimate of drug-likeness (QED) is 0.434. The molecule has 0 radical (unpaired) electrons. The molecule has 0 atom stereocenters. The van der Waals surface area contributed by atoms with Crippen molar-refractivity contribution in [1.82, 2.24) is 14.8 Å². The maximum absolute atomic E-state index is 14.0. The molecule has 162 valence electrons. The fourth-order valence-electron chi connectivity index (χ4n) is 3.99. The van der Waals surface area contributed by atoms with Crippen LogP contribution in [0.5, 0.6) is 0 Å². The van der Waals surface area contributed by atoms with Crippen molar-refractivity contribution in [2.45, 2.75) is 45.6 Å². The van der Waals surface area contributed by atoms with Gasteiger partial charge in [0, 0.05) is 17.3 Å². The minimum atomic E-state index is -0.341. The third-order valence-corrected chi connectivity index (χ3v) is 5.96. The first-order valence-corrected chi connectivity index (χ1v) is 11.0. The number of amides is 1. The van der Waals surface area contributed by atoms with Gasteiger partial charge in [0.15, 0.2) is 5.65 Å². The van der Waals surface area contributed by atoms with Crippen molar-refractivity contribution in [1.29, 1.82) is 0 Å². The Bertz CT molecular complexity index is 1310. The Kier molecular flexibility index (Phi) is 5.21. The van der Waals surface area contributed by atoms with Gasteiger partial charge >= 0.3 is 0 Å². The lowest BCUT2D eigenvalue weighted by atomic mass is 10.1. The molecule has 6 heteroatoms. The molecule has 1 aliphatic rings. The summed E-state index contributed by atoms with van der Waals surface area (Å²) in [6, 6.07) is 16.7. The van der Waals surface area contributed by atoms with E-state index < -0.39 is 0 Å². The average molecular weight is 429 g/mol. The highest BCUT2D eigenvalue weighted by atomic mass is 19.1. The Morgan fingerprint density at radius 2 is 1.94 bits per heavy atom. The summed E-state index contributed by atoms with van der Waals surface area (Å²) in [6.07, 6.45) is 2.83. The van der Waals surface area contributed by atoms with Gasteiger partial charge in [0.05, 0.1) is 23.2 Å². The molecule has 4 aromatic rings. The lowest BCUT2D eigenvalue weighted by Crippen LogP contribution is -2.14. The lowest BCUT2D eigenvalue weighted by molar-refractivity contribution is 0.102. The van der Waals surface area contributed by atoms with Gasteiger partial charge in [0.25, 0.3) is 5.91 Å². The first kappa shape index (κ1) is 20.4. The zero-order chi connectivity index (χ0) is 22.2. The first-order valence-electron chi connectivity index (χ1n) is 11.0. The van der Waals surface area contributed by atoms with E-state index in [0.717, 1.165) is 40.8 Å². The van der Waals surface area contributed by atoms with Crippen LogP contribution in [-0.2, 0) is 13.0 Å². The minimum absolute atomic E-state index is 0.267. The number of anilines is 1. The van der Waals surface area contributed by atoms with Crippen LogP contribution in [0, 0.1) is 12.7 Å². The van der Waals surface area contributed by atoms with E-state index in [9.17, 15) is 9.18 Å². The SMILES string of the molecule is CCc1cc(C(=O)Nc2ccc(C)c(F)c2)c2c(C3CC3)nn(Cc3ccccc3)c2n1. The number of pyridine rings is 1. The van der Waals surface area contributed by atoms with Crippen LogP contribution in [0.4, 0.5) is 10.1 Å². The van der Waals surface area contributed by atoms with Gasteiger partial charge < -0.3 is 5.32 Å². The van der Waals surface area contributed by atoms with Crippen molar-refractivity contribution in [3.63, 3.8) is 0 Å². The predicted octanol–water partition coefficient (Wildman–Crippen LogP) is 5.62. The second-order valence-electron chi connectivity index (χ2n) is 8.43. The number of nitrogens with zero attached hydrogens (tertiary/aromatic N) is 3. The van der Waals surface area contributed by atoms with Gasteiger partial charge in [-0.1, -0.05) is 43.3 Å². The molecule has 1 fully saturated rings. The maximum atomic E-state index is 14.0. The minimum Gasteiger partial charge on any atom is -0.322 e. The number of aryl methyl sites for hydroxylation is 2. The van der Waals surface area contributed by atoms with E-state index in [1.54, 1.807) is 19.1 Å². The van der Waals surface area contributed by atoms with Crippen LogP contribution < -0.4 is 5.32 Å². The van der Waals surface area contributed by atoms with Gasteiger partial charge in [-0.25, -0.2) is 14.1 Å². The van der Waals surface area contributed by atoms with Crippen LogP contribution in [0.15, 0.2) is 54.6 Å². The number of nitrogens with one attached hydrogen (secondary N) is 1. The van der Waals surface area contributed by atoms with E-state index >= 15 is 0 Å². The highest BCUT2D eigenvalue weighted by Crippen LogP contribution is 2.43. The molecular formula is C26H25FN4O. The van der Waals surface area contributed by atoms with Gasteiger partial charge in [0.1, 0.15) is 5.82 Å². The summed E-state index contributed by atoms with van der Waals surface area (Å²) in [5.41, 5.74) is 5.15. The highest BCUT2D eigenvalue weighted by molar-refractivity contribution is 6.13. The molecular weight excluding hydrogens is 403 g/mol. The Morgan fingerprint density at radius 3 is 2.62 bits per heavy atom. The summed E-state index contributed by atoms with van der Waals surface area (Å²) >= 11 is 0. The van der Waals surface area contributed by atoms with Gasteiger partial charge in [-0.3, -0.25) is 4.79 Å². The number of carbonyl (C=O) groups is 1. The van der Waals surface area contributed by atoms with E-state index in [-0.39, 0.29) is 11.7 Å². The number of rotatable bonds is 6. The van der Waals surface area contributed by atoms with Crippen LogP contribution in [-0.4, -0.2) is 20.7 Å². The Hall–Kier alpha value is -3.54. The summed E-state index contributed by atoms with van der Waals surface area (Å²) in [6.45, 7) is 4.31. The molecule has 0 saturated heterocycles. The largest absolute Gasteiger partial charge is 0.322 e. The molecule has 32 heavy (non-hydrogen) atoms. The van der Waals surface area contributed by atoms with Crippen LogP contribution in [0.2, 0.25) is 0 Å². The lowest BCUT2D eigenvalue weighted by Gasteiger charge is -2.10. The van der Waals surface area contributed by atoms with Crippen molar-refractivity contribution >= 4 is 22.6 Å². The number of benzene rings is 2. The van der Waals surface area contributed by atoms with Crippen molar-refractivity contribution in [3.8, 4) is 0 Å². The maximum Gasteiger partial charge on any atom is 0.256 e. The van der Waals surface area contributed by atoms with Gasteiger partial charge in [0.2, 0.25) is 0 Å². The van der Waals surface area contributed by atoms with Crippen LogP contribution in [0.1, 0.15) is 58.6 Å². The van der Waals surface area contributed by atoms with Crippen molar-refractivity contribution < 1.29 is 9.18 Å². The standard InChI is InChI=1S/C26H25FN4O/c1-3-19-13-21(26(32)29-20-12-9-16(2)22(27)14-20)23-24(18-10-11-18)30-31(25(23)28-19)15-17-7-5-4-6-8-17/h4-9,12-14,18H,3,10-11,15H2,1-2H3,(H,29,32). The van der Waals surface area contributed by atoms with Crippen molar-refractivity contribution in [3.05, 3.63) is 88.5 Å². The average Bonchev–Trinajstić information content (AvgIpc) is 3.59. The number of hydrogen-bond donors (Lipinski definition) is 1. The van der Waals surface area contributed by atoms with Crippen LogP contribution >= 0.6 is 0 Å². The summed E-state index contributed by atoms with van der Waals surface area (Å²) in [5, 5.41) is 8.59. The second kappa shape index (κ2) is 8.19. The van der Waals surface area contributed by atoms with Crippen LogP contribution in [0.25, 0.3) is 11.0 Å². The topological polar surface area (TPSA) is 59.8 Å². The summed E-state index contributed by atoms with van der Waals surface area (Å²) in [5.74, 6) is -0.255. The van der Waals surface area contributed by atoms with E-state index in [2.05, 4.69) is 17.4 Å². The highest BCUT2D eigenvalue weighted by Gasteiger charge is 2.32. The van der Waals surface area contributed by atoms with E-state index in [4.69, 9.17) is 10.1 Å². The number of halogens is 1. The normalized spacial score (nSPS) is 13.5. The number of fused-ring (bicyclic) bond motifs is 1. The first-order chi connectivity index (χ1) is 15.5. The Labute approximate surface area is 186 Å². The summed E-state index contributed by atoms with van der Waals surface area (Å²) in [7, 11) is 0. The fraction of sp³-hybridized carbons (Fsp3) is 0.269. The van der Waals surface area contributed by atoms with E-state index in [0.29, 0.717) is 35.7 Å². The number of hydrogen-bond acceptors (Lipinski definition) is 3. The molecule has 5 rings (SSSR count). The molecule has 2 aromatic carbocycles. The third-order valence-electron chi connectivity index (χ3n) is 5.96. The molecule has 2 heterocycles. The van der Waals surface area contributed by atoms with Gasteiger partial charge in [-0.2, -0.15) is 5.10 Å². The Balaban J connectivity index is 1.61. The molecule has 1 N–H and O–H groups in total. The smallest absolute Gasteiger partial charge is 0.256 e. The van der Waals surface area contributed by atoms with Gasteiger partial charge in [-0.05, 0) is 55.5 Å². The Morgan fingerprint density at radius 1 is 1.16 bits per heavy atom. The van der Waals surface area contributed by atoms with E-state index in [1.807, 2.05) is 35.9 Å². The molecule has 2 aromatic heterocycles. The predicted molar refractivity (Wildman–Crippen MR) is 124 cm³/mol. The molecule has 0 aliphatic heterocycles. The second-order valence-corrected chi connectivity index (χ2v) is 8.43. The van der Waals surface area contributed by atoms with Crippen molar-refractivity contribution in [2.24, 2.45) is 0 Å². The zero-order valence-electron chi connectivity index (χ0n) is 18.2. The van der Waals surface area contributed by atoms with E-state index in [1.165, 1.54) is 6.07 Å². The zero-order valence-corrected chi connectivity index (χ0v) is 18.2. The molecule has 0 bridgehead atoms. The molecule has 0 unspecified atom stereocenters.